The molecule has 1 aliphatic rings. The maximum Gasteiger partial charge on any atom is 0.248 e. The Morgan fingerprint density at radius 3 is 2.17 bits per heavy atom. The quantitative estimate of drug-likeness (QED) is 0.514. The zero-order valence-electron chi connectivity index (χ0n) is 19.8. The van der Waals surface area contributed by atoms with Crippen LogP contribution in [0.15, 0.2) is 41.3 Å². The highest BCUT2D eigenvalue weighted by Gasteiger charge is 2.31. The number of halogens is 1. The highest BCUT2D eigenvalue weighted by atomic mass is 35.5. The lowest BCUT2D eigenvalue weighted by molar-refractivity contribution is -0.116. The Morgan fingerprint density at radius 1 is 1.03 bits per heavy atom. The first kappa shape index (κ1) is 27.1. The second kappa shape index (κ2) is 10.6. The molecule has 1 heterocycles. The average Bonchev–Trinajstić information content (AvgIpc) is 3.34. The van der Waals surface area contributed by atoms with Gasteiger partial charge in [0.05, 0.1) is 41.8 Å². The minimum atomic E-state index is -3.91. The number of benzene rings is 2. The largest absolute Gasteiger partial charge is 0.495 e. The molecule has 0 spiro atoms. The molecule has 10 nitrogen and oxygen atoms in total. The van der Waals surface area contributed by atoms with E-state index in [0.717, 1.165) is 23.4 Å². The summed E-state index contributed by atoms with van der Waals surface area (Å²) in [7, 11) is -4.84. The molecule has 13 heteroatoms. The zero-order chi connectivity index (χ0) is 26.0. The molecule has 0 saturated carbocycles. The van der Waals surface area contributed by atoms with Gasteiger partial charge in [0.2, 0.25) is 26.0 Å². The number of nitrogens with one attached hydrogen (secondary N) is 1. The fourth-order valence-corrected chi connectivity index (χ4v) is 6.82. The minimum absolute atomic E-state index is 0.00468. The van der Waals surface area contributed by atoms with Gasteiger partial charge in [-0.1, -0.05) is 11.6 Å². The summed E-state index contributed by atoms with van der Waals surface area (Å²) in [5, 5.41) is 2.79. The zero-order valence-corrected chi connectivity index (χ0v) is 22.2. The van der Waals surface area contributed by atoms with Gasteiger partial charge in [-0.05, 0) is 56.2 Å². The molecule has 1 aliphatic heterocycles. The number of carbonyl (C=O) groups excluding carboxylic acids is 1. The topological polar surface area (TPSA) is 122 Å². The lowest BCUT2D eigenvalue weighted by atomic mass is 10.2. The van der Waals surface area contributed by atoms with Gasteiger partial charge in [-0.2, -0.15) is 4.31 Å². The van der Waals surface area contributed by atoms with Gasteiger partial charge in [0, 0.05) is 13.1 Å². The molecule has 1 amide bonds. The van der Waals surface area contributed by atoms with Crippen LogP contribution < -0.4 is 19.1 Å². The smallest absolute Gasteiger partial charge is 0.248 e. The van der Waals surface area contributed by atoms with Gasteiger partial charge in [0.25, 0.3) is 0 Å². The van der Waals surface area contributed by atoms with Crippen molar-refractivity contribution in [2.75, 3.05) is 43.2 Å². The summed E-state index contributed by atoms with van der Waals surface area (Å²) in [5.74, 6) is -0.123. The van der Waals surface area contributed by atoms with Crippen molar-refractivity contribution in [3.8, 4) is 11.5 Å². The predicted molar refractivity (Wildman–Crippen MR) is 134 cm³/mol. The van der Waals surface area contributed by atoms with Crippen molar-refractivity contribution in [3.05, 3.63) is 41.4 Å². The van der Waals surface area contributed by atoms with E-state index in [4.69, 9.17) is 21.1 Å². The van der Waals surface area contributed by atoms with Gasteiger partial charge in [-0.25, -0.2) is 16.8 Å². The van der Waals surface area contributed by atoms with Crippen molar-refractivity contribution in [1.82, 2.24) is 4.31 Å². The van der Waals surface area contributed by atoms with Crippen LogP contribution >= 0.6 is 11.6 Å². The molecule has 0 aliphatic carbocycles. The number of hydrogen-bond acceptors (Lipinski definition) is 7. The summed E-state index contributed by atoms with van der Waals surface area (Å²) in [6, 6.07) is 7.31. The highest BCUT2D eigenvalue weighted by molar-refractivity contribution is 7.92. The van der Waals surface area contributed by atoms with Crippen LogP contribution in [0.5, 0.6) is 11.5 Å². The number of anilines is 2. The SMILES string of the molecule is COc1ccc(N([C@H](C)C(=O)Nc2cc(S(=O)(=O)N3CCCC3)ccc2OC)S(C)(=O)=O)cc1Cl. The van der Waals surface area contributed by atoms with Crippen LogP contribution in [0.3, 0.4) is 0 Å². The number of methoxy groups -OCH3 is 2. The molecule has 3 rings (SSSR count). The van der Waals surface area contributed by atoms with Gasteiger partial charge in [0.15, 0.2) is 0 Å². The second-order valence-corrected chi connectivity index (χ2v) is 12.2. The third-order valence-corrected chi connectivity index (χ3v) is 9.04. The van der Waals surface area contributed by atoms with E-state index < -0.39 is 32.0 Å². The monoisotopic (exact) mass is 545 g/mol. The molecule has 192 valence electrons. The Labute approximate surface area is 210 Å². The van der Waals surface area contributed by atoms with E-state index in [2.05, 4.69) is 5.32 Å². The molecule has 0 bridgehead atoms. The van der Waals surface area contributed by atoms with Crippen LogP contribution in [0.2, 0.25) is 5.02 Å². The molecule has 0 unspecified atom stereocenters. The maximum absolute atomic E-state index is 13.2. The van der Waals surface area contributed by atoms with E-state index in [1.165, 1.54) is 61.8 Å². The molecule has 2 aromatic carbocycles. The van der Waals surface area contributed by atoms with Crippen LogP contribution in [-0.4, -0.2) is 66.7 Å². The summed E-state index contributed by atoms with van der Waals surface area (Å²) >= 11 is 6.17. The Balaban J connectivity index is 1.94. The number of rotatable bonds is 9. The first-order chi connectivity index (χ1) is 16.4. The van der Waals surface area contributed by atoms with E-state index in [1.54, 1.807) is 0 Å². The van der Waals surface area contributed by atoms with Crippen molar-refractivity contribution in [2.24, 2.45) is 0 Å². The van der Waals surface area contributed by atoms with E-state index in [-0.39, 0.29) is 27.0 Å². The molecular formula is C22H28ClN3O7S2. The fourth-order valence-electron chi connectivity index (χ4n) is 3.86. The lowest BCUT2D eigenvalue weighted by Gasteiger charge is -2.28. The molecule has 1 fully saturated rings. The molecule has 2 aromatic rings. The van der Waals surface area contributed by atoms with E-state index in [9.17, 15) is 21.6 Å². The first-order valence-corrected chi connectivity index (χ1v) is 14.4. The summed E-state index contributed by atoms with van der Waals surface area (Å²) in [6.45, 7) is 2.27. The van der Waals surface area contributed by atoms with Crippen molar-refractivity contribution < 1.29 is 31.1 Å². The van der Waals surface area contributed by atoms with Crippen molar-refractivity contribution >= 4 is 48.9 Å². The lowest BCUT2D eigenvalue weighted by Crippen LogP contribution is -2.45. The van der Waals surface area contributed by atoms with Gasteiger partial charge in [0.1, 0.15) is 17.5 Å². The molecule has 1 saturated heterocycles. The van der Waals surface area contributed by atoms with Crippen LogP contribution in [0.1, 0.15) is 19.8 Å². The summed E-state index contributed by atoms with van der Waals surface area (Å²) < 4.78 is 63.9. The van der Waals surface area contributed by atoms with Gasteiger partial charge in [-0.3, -0.25) is 9.10 Å². The standard InChI is InChI=1S/C22H28ClN3O7S2/c1-15(26(34(4,28)29)16-7-9-20(32-2)18(23)13-16)22(27)24-19-14-17(8-10-21(19)33-3)35(30,31)25-11-5-6-12-25/h7-10,13-15H,5-6,11-12H2,1-4H3,(H,24,27)/t15-/m1/s1. The Bertz CT molecular complexity index is 1310. The number of hydrogen-bond donors (Lipinski definition) is 1. The van der Waals surface area contributed by atoms with E-state index in [0.29, 0.717) is 18.8 Å². The maximum atomic E-state index is 13.2. The molecule has 35 heavy (non-hydrogen) atoms. The second-order valence-electron chi connectivity index (χ2n) is 8.02. The third kappa shape index (κ3) is 5.83. The molecule has 0 aromatic heterocycles. The number of nitrogens with zero attached hydrogens (tertiary/aromatic N) is 2. The molecule has 1 N–H and O–H groups in total. The number of ether oxygens (including phenoxy) is 2. The fraction of sp³-hybridized carbons (Fsp3) is 0.409. The summed E-state index contributed by atoms with van der Waals surface area (Å²) in [5.41, 5.74) is 0.268. The third-order valence-electron chi connectivity index (χ3n) is 5.61. The van der Waals surface area contributed by atoms with Gasteiger partial charge in [-0.15, -0.1) is 0 Å². The van der Waals surface area contributed by atoms with Crippen molar-refractivity contribution in [2.45, 2.75) is 30.7 Å². The van der Waals surface area contributed by atoms with Crippen LogP contribution in [0, 0.1) is 0 Å². The summed E-state index contributed by atoms with van der Waals surface area (Å²) in [6.07, 6.45) is 2.54. The Hall–Kier alpha value is -2.54. The van der Waals surface area contributed by atoms with Gasteiger partial charge >= 0.3 is 0 Å². The minimum Gasteiger partial charge on any atom is -0.495 e. The first-order valence-electron chi connectivity index (χ1n) is 10.7. The summed E-state index contributed by atoms with van der Waals surface area (Å²) in [4.78, 5) is 13.2. The van der Waals surface area contributed by atoms with Crippen LogP contribution in [-0.2, 0) is 24.8 Å². The van der Waals surface area contributed by atoms with E-state index >= 15 is 0 Å². The normalized spacial score (nSPS) is 15.5. The van der Waals surface area contributed by atoms with Crippen molar-refractivity contribution in [1.29, 1.82) is 0 Å². The molecular weight excluding hydrogens is 518 g/mol. The highest BCUT2D eigenvalue weighted by Crippen LogP contribution is 2.33. The number of sulfonamides is 2. The average molecular weight is 546 g/mol. The number of carbonyl (C=O) groups is 1. The van der Waals surface area contributed by atoms with Crippen LogP contribution in [0.4, 0.5) is 11.4 Å². The molecule has 0 radical (unpaired) electrons. The Kier molecular flexibility index (Phi) is 8.20. The van der Waals surface area contributed by atoms with E-state index in [1.807, 2.05) is 0 Å². The number of amides is 1. The van der Waals surface area contributed by atoms with Crippen molar-refractivity contribution in [3.63, 3.8) is 0 Å². The van der Waals surface area contributed by atoms with Crippen LogP contribution in [0.25, 0.3) is 0 Å². The molecule has 1 atom stereocenters. The Morgan fingerprint density at radius 2 is 1.63 bits per heavy atom. The predicted octanol–water partition coefficient (Wildman–Crippen LogP) is 2.93. The van der Waals surface area contributed by atoms with Gasteiger partial charge < -0.3 is 14.8 Å².